The Hall–Kier alpha value is -2.36. The number of amides is 2. The van der Waals surface area contributed by atoms with E-state index in [-0.39, 0.29) is 30.6 Å². The number of carbonyl (C=O) groups excluding carboxylic acids is 2. The molecular weight excluding hydrogens is 367 g/mol. The number of hydrogen-bond acceptors (Lipinski definition) is 5. The van der Waals surface area contributed by atoms with Gasteiger partial charge < -0.3 is 20.5 Å². The first-order chi connectivity index (χ1) is 12.6. The van der Waals surface area contributed by atoms with Gasteiger partial charge in [-0.1, -0.05) is 6.92 Å². The van der Waals surface area contributed by atoms with Crippen LogP contribution in [0.4, 0.5) is 13.2 Å². The highest BCUT2D eigenvalue weighted by molar-refractivity contribution is 5.96. The summed E-state index contributed by atoms with van der Waals surface area (Å²) in [5.41, 5.74) is 5.14. The summed E-state index contributed by atoms with van der Waals surface area (Å²) >= 11 is 0. The number of nitrogens with two attached hydrogens (primary N) is 1. The van der Waals surface area contributed by atoms with Gasteiger partial charge in [-0.05, 0) is 18.8 Å². The van der Waals surface area contributed by atoms with Crippen molar-refractivity contribution in [2.75, 3.05) is 19.8 Å². The summed E-state index contributed by atoms with van der Waals surface area (Å²) in [7, 11) is 0. The molecule has 0 radical (unpaired) electrons. The average Bonchev–Trinajstić information content (AvgIpc) is 3.39. The van der Waals surface area contributed by atoms with Crippen LogP contribution in [0.5, 0.6) is 5.75 Å². The lowest BCUT2D eigenvalue weighted by Gasteiger charge is -2.42. The van der Waals surface area contributed by atoms with E-state index < -0.39 is 36.1 Å². The molecule has 0 unspecified atom stereocenters. The van der Waals surface area contributed by atoms with Crippen LogP contribution >= 0.6 is 0 Å². The molecule has 1 saturated carbocycles. The second kappa shape index (κ2) is 6.99. The second-order valence-corrected chi connectivity index (χ2v) is 7.24. The van der Waals surface area contributed by atoms with E-state index in [4.69, 9.17) is 15.2 Å². The predicted octanol–water partition coefficient (Wildman–Crippen LogP) is 1.52. The van der Waals surface area contributed by atoms with E-state index in [0.717, 1.165) is 12.8 Å². The van der Waals surface area contributed by atoms with Crippen molar-refractivity contribution < 1.29 is 32.2 Å². The minimum atomic E-state index is -4.50. The number of primary amides is 1. The molecule has 1 aromatic heterocycles. The molecule has 7 nitrogen and oxygen atoms in total. The molecule has 3 rings (SSSR count). The van der Waals surface area contributed by atoms with Crippen molar-refractivity contribution in [3.8, 4) is 5.75 Å². The van der Waals surface area contributed by atoms with Crippen molar-refractivity contribution in [2.24, 2.45) is 11.1 Å². The quantitative estimate of drug-likeness (QED) is 0.738. The summed E-state index contributed by atoms with van der Waals surface area (Å²) < 4.78 is 47.5. The number of hydrogen-bond donors (Lipinski definition) is 2. The minimum Gasteiger partial charge on any atom is -0.484 e. The number of ether oxygens (including phenoxy) is 2. The van der Waals surface area contributed by atoms with Gasteiger partial charge in [-0.2, -0.15) is 13.2 Å². The molecule has 0 spiro atoms. The molecule has 2 amide bonds. The van der Waals surface area contributed by atoms with Gasteiger partial charge in [0, 0.05) is 23.2 Å². The number of aromatic nitrogens is 1. The van der Waals surface area contributed by atoms with Gasteiger partial charge in [0.25, 0.3) is 5.91 Å². The lowest BCUT2D eigenvalue weighted by molar-refractivity contribution is -0.153. The summed E-state index contributed by atoms with van der Waals surface area (Å²) in [4.78, 5) is 28.2. The van der Waals surface area contributed by atoms with Crippen LogP contribution in [0.25, 0.3) is 0 Å². The molecule has 1 aliphatic carbocycles. The number of rotatable bonds is 7. The fourth-order valence-electron chi connectivity index (χ4n) is 2.94. The first-order valence-electron chi connectivity index (χ1n) is 8.46. The molecule has 2 aliphatic rings. The van der Waals surface area contributed by atoms with Crippen LogP contribution in [-0.2, 0) is 9.53 Å². The summed E-state index contributed by atoms with van der Waals surface area (Å²) in [6, 6.07) is 0.190. The van der Waals surface area contributed by atoms with E-state index in [1.54, 1.807) is 6.92 Å². The average molecular weight is 387 g/mol. The zero-order valence-corrected chi connectivity index (χ0v) is 14.6. The topological polar surface area (TPSA) is 104 Å². The number of carbonyl (C=O) groups is 2. The summed E-state index contributed by atoms with van der Waals surface area (Å²) in [5.74, 6) is -1.38. The highest BCUT2D eigenvalue weighted by atomic mass is 19.4. The van der Waals surface area contributed by atoms with E-state index in [2.05, 4.69) is 10.3 Å². The van der Waals surface area contributed by atoms with E-state index >= 15 is 0 Å². The Morgan fingerprint density at radius 2 is 2.11 bits per heavy atom. The first-order valence-corrected chi connectivity index (χ1v) is 8.46. The molecule has 2 fully saturated rings. The monoisotopic (exact) mass is 387 g/mol. The van der Waals surface area contributed by atoms with Crippen LogP contribution in [0.1, 0.15) is 41.7 Å². The van der Waals surface area contributed by atoms with Crippen LogP contribution in [-0.4, -0.2) is 48.8 Å². The Balaban J connectivity index is 1.78. The molecule has 27 heavy (non-hydrogen) atoms. The van der Waals surface area contributed by atoms with Crippen molar-refractivity contribution in [3.05, 3.63) is 23.5 Å². The molecule has 1 aliphatic heterocycles. The Labute approximate surface area is 153 Å². The number of nitrogens with zero attached hydrogens (tertiary/aromatic N) is 1. The van der Waals surface area contributed by atoms with Crippen LogP contribution in [0.3, 0.4) is 0 Å². The van der Waals surface area contributed by atoms with Gasteiger partial charge in [0.05, 0.1) is 13.2 Å². The SMILES string of the molecule is CC1([C@@H](NC(=O)c2cc(OCC(F)(F)F)c(C3CC3)cn2)C(N)=O)COC1. The highest BCUT2D eigenvalue weighted by Gasteiger charge is 2.45. The minimum absolute atomic E-state index is 0.0243. The number of halogens is 3. The summed E-state index contributed by atoms with van der Waals surface area (Å²) in [6.07, 6.45) is -1.48. The molecule has 148 valence electrons. The number of alkyl halides is 3. The molecule has 0 bridgehead atoms. The molecule has 1 aromatic rings. The Kier molecular flexibility index (Phi) is 5.02. The molecule has 3 N–H and O–H groups in total. The summed E-state index contributed by atoms with van der Waals surface area (Å²) in [6.45, 7) is 0.800. The molecule has 2 heterocycles. The molecule has 10 heteroatoms. The predicted molar refractivity (Wildman–Crippen MR) is 87.1 cm³/mol. The number of nitrogens with one attached hydrogen (secondary N) is 1. The fourth-order valence-corrected chi connectivity index (χ4v) is 2.94. The lowest BCUT2D eigenvalue weighted by Crippen LogP contribution is -2.61. The van der Waals surface area contributed by atoms with Gasteiger partial charge in [0.15, 0.2) is 6.61 Å². The van der Waals surface area contributed by atoms with Crippen molar-refractivity contribution in [1.82, 2.24) is 10.3 Å². The molecule has 1 atom stereocenters. The van der Waals surface area contributed by atoms with E-state index in [0.29, 0.717) is 5.56 Å². The van der Waals surface area contributed by atoms with Crippen molar-refractivity contribution in [1.29, 1.82) is 0 Å². The van der Waals surface area contributed by atoms with Crippen molar-refractivity contribution >= 4 is 11.8 Å². The molecule has 0 aromatic carbocycles. The second-order valence-electron chi connectivity index (χ2n) is 7.24. The van der Waals surface area contributed by atoms with Gasteiger partial charge in [-0.3, -0.25) is 14.6 Å². The van der Waals surface area contributed by atoms with Crippen molar-refractivity contribution in [2.45, 2.75) is 37.9 Å². The van der Waals surface area contributed by atoms with Gasteiger partial charge >= 0.3 is 6.18 Å². The normalized spacial score (nSPS) is 19.7. The Morgan fingerprint density at radius 3 is 2.59 bits per heavy atom. The van der Waals surface area contributed by atoms with Gasteiger partial charge in [-0.15, -0.1) is 0 Å². The van der Waals surface area contributed by atoms with Crippen LogP contribution < -0.4 is 15.8 Å². The third-order valence-corrected chi connectivity index (χ3v) is 4.66. The lowest BCUT2D eigenvalue weighted by atomic mass is 9.80. The van der Waals surface area contributed by atoms with Crippen LogP contribution in [0.15, 0.2) is 12.3 Å². The van der Waals surface area contributed by atoms with E-state index in [1.165, 1.54) is 12.3 Å². The fraction of sp³-hybridized carbons (Fsp3) is 0.588. The third kappa shape index (κ3) is 4.49. The van der Waals surface area contributed by atoms with Gasteiger partial charge in [0.1, 0.15) is 17.5 Å². The highest BCUT2D eigenvalue weighted by Crippen LogP contribution is 2.44. The maximum absolute atomic E-state index is 12.5. The maximum atomic E-state index is 12.5. The molecule has 1 saturated heterocycles. The standard InChI is InChI=1S/C17H20F3N3O4/c1-16(6-26-7-16)13(14(21)24)23-15(25)11-4-12(27-8-17(18,19)20)10(5-22-11)9-2-3-9/h4-5,9,13H,2-3,6-8H2,1H3,(H2,21,24)(H,23,25)/t13-/m0/s1. The van der Waals surface area contributed by atoms with Crippen LogP contribution in [0.2, 0.25) is 0 Å². The number of pyridine rings is 1. The third-order valence-electron chi connectivity index (χ3n) is 4.66. The smallest absolute Gasteiger partial charge is 0.422 e. The largest absolute Gasteiger partial charge is 0.484 e. The van der Waals surface area contributed by atoms with Gasteiger partial charge in [-0.25, -0.2) is 0 Å². The van der Waals surface area contributed by atoms with E-state index in [9.17, 15) is 22.8 Å². The van der Waals surface area contributed by atoms with Crippen molar-refractivity contribution in [3.63, 3.8) is 0 Å². The summed E-state index contributed by atoms with van der Waals surface area (Å²) in [5, 5.41) is 2.51. The maximum Gasteiger partial charge on any atom is 0.422 e. The Morgan fingerprint density at radius 1 is 1.44 bits per heavy atom. The van der Waals surface area contributed by atoms with Gasteiger partial charge in [0.2, 0.25) is 5.91 Å². The van der Waals surface area contributed by atoms with Crippen LogP contribution in [0, 0.1) is 5.41 Å². The molecular formula is C17H20F3N3O4. The Bertz CT molecular complexity index is 745. The van der Waals surface area contributed by atoms with E-state index in [1.807, 2.05) is 0 Å². The zero-order valence-electron chi connectivity index (χ0n) is 14.6. The first kappa shape index (κ1) is 19.4. The zero-order chi connectivity index (χ0) is 19.8.